The first-order valence-electron chi connectivity index (χ1n) is 9.32. The van der Waals surface area contributed by atoms with Gasteiger partial charge in [0, 0.05) is 17.4 Å². The fraction of sp³-hybridized carbons (Fsp3) is 0.545. The van der Waals surface area contributed by atoms with Crippen LogP contribution >= 0.6 is 0 Å². The average molecular weight is 343 g/mol. The number of benzene rings is 1. The smallest absolute Gasteiger partial charge is 0.250 e. The molecule has 0 fully saturated rings. The lowest BCUT2D eigenvalue weighted by Crippen LogP contribution is -2.37. The molecule has 1 aromatic carbocycles. The topological polar surface area (TPSA) is 9.23 Å². The van der Waals surface area contributed by atoms with Gasteiger partial charge in [-0.05, 0) is 49.7 Å². The van der Waals surface area contributed by atoms with E-state index in [0.29, 0.717) is 5.92 Å². The van der Waals surface area contributed by atoms with E-state index in [1.807, 2.05) is 18.2 Å². The van der Waals surface area contributed by atoms with Crippen LogP contribution in [0.25, 0.3) is 0 Å². The lowest BCUT2D eigenvalue weighted by Gasteiger charge is -2.34. The van der Waals surface area contributed by atoms with E-state index >= 15 is 0 Å². The Labute approximate surface area is 150 Å². The first-order valence-corrected chi connectivity index (χ1v) is 11.8. The molecule has 0 N–H and O–H groups in total. The van der Waals surface area contributed by atoms with Crippen molar-refractivity contribution in [2.45, 2.75) is 66.6 Å². The number of allylic oxidation sites excluding steroid dienone is 2. The average Bonchev–Trinajstić information content (AvgIpc) is 2.61. The van der Waals surface area contributed by atoms with E-state index in [-0.39, 0.29) is 5.92 Å². The van der Waals surface area contributed by atoms with Crippen molar-refractivity contribution in [1.29, 1.82) is 0 Å². The van der Waals surface area contributed by atoms with Crippen LogP contribution in [-0.4, -0.2) is 8.32 Å². The molecule has 132 valence electrons. The number of rotatable bonds is 7. The normalized spacial score (nSPS) is 13.5. The van der Waals surface area contributed by atoms with Gasteiger partial charge >= 0.3 is 0 Å². The molecule has 0 radical (unpaired) electrons. The molecule has 0 aromatic heterocycles. The van der Waals surface area contributed by atoms with Gasteiger partial charge in [0.15, 0.2) is 0 Å². The SMILES string of the molecule is CC[Si](CC)(CC)OC(=C(C)C)[C@@H](C)[C@H](C)C#Cc1ccccc1. The summed E-state index contributed by atoms with van der Waals surface area (Å²) in [6.07, 6.45) is 0. The predicted molar refractivity (Wildman–Crippen MR) is 108 cm³/mol. The van der Waals surface area contributed by atoms with Crippen molar-refractivity contribution in [1.82, 2.24) is 0 Å². The van der Waals surface area contributed by atoms with Gasteiger partial charge in [-0.2, -0.15) is 0 Å². The highest BCUT2D eigenvalue weighted by atomic mass is 28.4. The summed E-state index contributed by atoms with van der Waals surface area (Å²) < 4.78 is 6.73. The number of hydrogen-bond acceptors (Lipinski definition) is 1. The maximum Gasteiger partial charge on any atom is 0.250 e. The maximum atomic E-state index is 6.73. The van der Waals surface area contributed by atoms with Crippen LogP contribution in [0.1, 0.15) is 54.0 Å². The van der Waals surface area contributed by atoms with Crippen LogP contribution in [0.4, 0.5) is 0 Å². The molecular formula is C22H34OSi. The van der Waals surface area contributed by atoms with Gasteiger partial charge in [0.05, 0.1) is 5.76 Å². The lowest BCUT2D eigenvalue weighted by molar-refractivity contribution is 0.310. The first kappa shape index (κ1) is 20.6. The van der Waals surface area contributed by atoms with E-state index in [9.17, 15) is 0 Å². The van der Waals surface area contributed by atoms with E-state index in [2.05, 4.69) is 72.4 Å². The van der Waals surface area contributed by atoms with Crippen LogP contribution in [-0.2, 0) is 4.43 Å². The molecule has 1 nitrogen and oxygen atoms in total. The Kier molecular flexibility index (Phi) is 8.35. The molecule has 1 rings (SSSR count). The molecule has 1 aromatic rings. The standard InChI is InChI=1S/C22H34OSi/c1-8-24(9-2,10-3)23-22(18(4)5)20(7)19(6)16-17-21-14-12-11-13-15-21/h11-15,19-20H,8-10H2,1-7H3/t19-,20+/m1/s1. The lowest BCUT2D eigenvalue weighted by atomic mass is 9.92. The van der Waals surface area contributed by atoms with Crippen molar-refractivity contribution >= 4 is 8.32 Å². The zero-order valence-corrected chi connectivity index (χ0v) is 17.6. The molecule has 0 aliphatic heterocycles. The summed E-state index contributed by atoms with van der Waals surface area (Å²) in [6.45, 7) is 15.7. The molecule has 0 saturated carbocycles. The minimum absolute atomic E-state index is 0.271. The first-order chi connectivity index (χ1) is 11.4. The van der Waals surface area contributed by atoms with Gasteiger partial charge in [-0.15, -0.1) is 0 Å². The van der Waals surface area contributed by atoms with Gasteiger partial charge in [-0.3, -0.25) is 0 Å². The molecule has 0 aliphatic rings. The van der Waals surface area contributed by atoms with Crippen molar-refractivity contribution in [3.8, 4) is 11.8 Å². The molecular weight excluding hydrogens is 308 g/mol. The molecule has 24 heavy (non-hydrogen) atoms. The van der Waals surface area contributed by atoms with E-state index in [1.54, 1.807) is 0 Å². The number of hydrogen-bond donors (Lipinski definition) is 0. The summed E-state index contributed by atoms with van der Waals surface area (Å²) in [7, 11) is -1.64. The van der Waals surface area contributed by atoms with E-state index in [0.717, 1.165) is 5.56 Å². The molecule has 0 heterocycles. The highest BCUT2D eigenvalue weighted by Crippen LogP contribution is 2.32. The van der Waals surface area contributed by atoms with Crippen molar-refractivity contribution < 1.29 is 4.43 Å². The van der Waals surface area contributed by atoms with Crippen LogP contribution in [0.15, 0.2) is 41.7 Å². The van der Waals surface area contributed by atoms with Crippen molar-refractivity contribution in [2.75, 3.05) is 0 Å². The summed E-state index contributed by atoms with van der Waals surface area (Å²) in [5, 5.41) is 0. The minimum Gasteiger partial charge on any atom is -0.546 e. The van der Waals surface area contributed by atoms with Crippen molar-refractivity contribution in [2.24, 2.45) is 11.8 Å². The zero-order valence-electron chi connectivity index (χ0n) is 16.6. The van der Waals surface area contributed by atoms with Crippen LogP contribution < -0.4 is 0 Å². The van der Waals surface area contributed by atoms with E-state index in [4.69, 9.17) is 4.43 Å². The molecule has 2 heteroatoms. The van der Waals surface area contributed by atoms with Gasteiger partial charge < -0.3 is 4.43 Å². The third-order valence-corrected chi connectivity index (χ3v) is 9.65. The second-order valence-electron chi connectivity index (χ2n) is 6.92. The Balaban J connectivity index is 2.97. The fourth-order valence-electron chi connectivity index (χ4n) is 2.92. The summed E-state index contributed by atoms with van der Waals surface area (Å²) >= 11 is 0. The second-order valence-corrected chi connectivity index (χ2v) is 11.6. The maximum absolute atomic E-state index is 6.73. The highest BCUT2D eigenvalue weighted by molar-refractivity contribution is 6.73. The molecule has 0 aliphatic carbocycles. The van der Waals surface area contributed by atoms with Gasteiger partial charge in [0.1, 0.15) is 0 Å². The molecule has 0 unspecified atom stereocenters. The van der Waals surface area contributed by atoms with Crippen molar-refractivity contribution in [3.63, 3.8) is 0 Å². The third-order valence-electron chi connectivity index (χ3n) is 5.13. The second kappa shape index (κ2) is 9.74. The minimum atomic E-state index is -1.64. The molecule has 0 saturated heterocycles. The zero-order chi connectivity index (χ0) is 18.2. The quantitative estimate of drug-likeness (QED) is 0.307. The van der Waals surface area contributed by atoms with Gasteiger partial charge in [0.2, 0.25) is 8.32 Å². The molecule has 0 bridgehead atoms. The molecule has 0 amide bonds. The molecule has 0 spiro atoms. The largest absolute Gasteiger partial charge is 0.546 e. The van der Waals surface area contributed by atoms with Gasteiger partial charge in [-0.1, -0.05) is 64.7 Å². The van der Waals surface area contributed by atoms with Gasteiger partial charge in [-0.25, -0.2) is 0 Å². The van der Waals surface area contributed by atoms with E-state index in [1.165, 1.54) is 29.5 Å². The Bertz CT molecular complexity index is 575. The predicted octanol–water partition coefficient (Wildman–Crippen LogP) is 6.63. The molecule has 2 atom stereocenters. The van der Waals surface area contributed by atoms with Crippen LogP contribution in [0.2, 0.25) is 18.1 Å². The summed E-state index contributed by atoms with van der Waals surface area (Å²) in [5.41, 5.74) is 2.37. The Hall–Kier alpha value is -1.46. The van der Waals surface area contributed by atoms with Crippen LogP contribution in [0.5, 0.6) is 0 Å². The summed E-state index contributed by atoms with van der Waals surface area (Å²) in [5.74, 6) is 8.51. The van der Waals surface area contributed by atoms with Crippen LogP contribution in [0, 0.1) is 23.7 Å². The fourth-order valence-corrected chi connectivity index (χ4v) is 5.71. The third kappa shape index (κ3) is 5.56. The van der Waals surface area contributed by atoms with Crippen LogP contribution in [0.3, 0.4) is 0 Å². The van der Waals surface area contributed by atoms with E-state index < -0.39 is 8.32 Å². The Morgan fingerprint density at radius 1 is 1.00 bits per heavy atom. The Morgan fingerprint density at radius 3 is 2.00 bits per heavy atom. The summed E-state index contributed by atoms with van der Waals surface area (Å²) in [4.78, 5) is 0. The van der Waals surface area contributed by atoms with Gasteiger partial charge in [0.25, 0.3) is 0 Å². The monoisotopic (exact) mass is 342 g/mol. The highest BCUT2D eigenvalue weighted by Gasteiger charge is 2.33. The summed E-state index contributed by atoms with van der Waals surface area (Å²) in [6, 6.07) is 13.7. The van der Waals surface area contributed by atoms with Crippen molar-refractivity contribution in [3.05, 3.63) is 47.2 Å². The Morgan fingerprint density at radius 2 is 1.54 bits per heavy atom.